The second kappa shape index (κ2) is 9.45. The van der Waals surface area contributed by atoms with E-state index in [1.54, 1.807) is 26.1 Å². The van der Waals surface area contributed by atoms with Crippen LogP contribution in [0.25, 0.3) is 0 Å². The van der Waals surface area contributed by atoms with E-state index in [1.165, 1.54) is 35.2 Å². The van der Waals surface area contributed by atoms with Gasteiger partial charge < -0.3 is 15.5 Å². The number of carbonyl (C=O) groups excluding carboxylic acids is 2. The van der Waals surface area contributed by atoms with Gasteiger partial charge in [0.15, 0.2) is 0 Å². The van der Waals surface area contributed by atoms with E-state index in [0.29, 0.717) is 5.69 Å². The van der Waals surface area contributed by atoms with E-state index in [-0.39, 0.29) is 42.6 Å². The second-order valence-corrected chi connectivity index (χ2v) is 5.96. The van der Waals surface area contributed by atoms with Gasteiger partial charge in [0.2, 0.25) is 5.91 Å². The summed E-state index contributed by atoms with van der Waals surface area (Å²) in [5.41, 5.74) is 0.924. The van der Waals surface area contributed by atoms with Crippen molar-refractivity contribution in [3.8, 4) is 0 Å². The molecule has 9 heteroatoms. The molecular weight excluding hydrogens is 367 g/mol. The Morgan fingerprint density at radius 1 is 1.18 bits per heavy atom. The van der Waals surface area contributed by atoms with Crippen LogP contribution in [0.1, 0.15) is 22.8 Å². The molecule has 2 rings (SSSR count). The summed E-state index contributed by atoms with van der Waals surface area (Å²) in [5.74, 6) is -1.23. The number of nitro groups is 1. The Bertz CT molecular complexity index is 871. The molecule has 0 bridgehead atoms. The van der Waals surface area contributed by atoms with Crippen molar-refractivity contribution in [3.63, 3.8) is 0 Å². The number of nitro benzene ring substituents is 1. The average Bonchev–Trinajstić information content (AvgIpc) is 2.70. The van der Waals surface area contributed by atoms with Gasteiger partial charge in [0, 0.05) is 31.8 Å². The molecule has 0 aliphatic heterocycles. The molecule has 2 aromatic rings. The molecule has 2 N–H and O–H groups in total. The lowest BCUT2D eigenvalue weighted by atomic mass is 10.1. The number of halogens is 1. The van der Waals surface area contributed by atoms with Crippen LogP contribution in [0, 0.1) is 15.9 Å². The first-order valence-electron chi connectivity index (χ1n) is 8.62. The normalized spacial score (nSPS) is 10.2. The summed E-state index contributed by atoms with van der Waals surface area (Å²) in [6, 6.07) is 9.82. The number of hydrogen-bond donors (Lipinski definition) is 2. The predicted molar refractivity (Wildman–Crippen MR) is 102 cm³/mol. The van der Waals surface area contributed by atoms with Gasteiger partial charge in [0.25, 0.3) is 11.6 Å². The van der Waals surface area contributed by atoms with E-state index in [9.17, 15) is 24.1 Å². The molecule has 0 aliphatic carbocycles. The number of nitrogens with zero attached hydrogens (tertiary/aromatic N) is 2. The monoisotopic (exact) mass is 388 g/mol. The fourth-order valence-electron chi connectivity index (χ4n) is 2.57. The first-order valence-corrected chi connectivity index (χ1v) is 8.62. The maximum Gasteiger partial charge on any atom is 0.293 e. The molecule has 0 fully saturated rings. The molecule has 2 amide bonds. The molecule has 0 saturated carbocycles. The van der Waals surface area contributed by atoms with Crippen LogP contribution in [-0.2, 0) is 11.3 Å². The standard InChI is InChI=1S/C19H21FN4O4/c1-3-23(12-18(25)22-11-13-4-7-15(20)8-5-13)19(26)14-6-9-16(21-2)17(10-14)24(27)28/h4-10,21H,3,11-12H2,1-2H3,(H,22,25). The molecular formula is C19H21FN4O4. The zero-order chi connectivity index (χ0) is 20.7. The number of carbonyl (C=O) groups is 2. The van der Waals surface area contributed by atoms with E-state index in [2.05, 4.69) is 10.6 Å². The minimum absolute atomic E-state index is 0.124. The summed E-state index contributed by atoms with van der Waals surface area (Å²) in [6.07, 6.45) is 0. The molecule has 8 nitrogen and oxygen atoms in total. The highest BCUT2D eigenvalue weighted by Gasteiger charge is 2.21. The van der Waals surface area contributed by atoms with Gasteiger partial charge in [-0.3, -0.25) is 19.7 Å². The largest absolute Gasteiger partial charge is 0.383 e. The molecule has 148 valence electrons. The zero-order valence-electron chi connectivity index (χ0n) is 15.6. The highest BCUT2D eigenvalue weighted by molar-refractivity contribution is 5.97. The molecule has 0 spiro atoms. The lowest BCUT2D eigenvalue weighted by molar-refractivity contribution is -0.384. The summed E-state index contributed by atoms with van der Waals surface area (Å²) in [5, 5.41) is 16.5. The summed E-state index contributed by atoms with van der Waals surface area (Å²) in [4.78, 5) is 36.7. The third-order valence-corrected chi connectivity index (χ3v) is 4.12. The molecule has 0 radical (unpaired) electrons. The number of likely N-dealkylation sites (N-methyl/N-ethyl adjacent to an activating group) is 1. The third-order valence-electron chi connectivity index (χ3n) is 4.12. The van der Waals surface area contributed by atoms with Crippen molar-refractivity contribution in [1.29, 1.82) is 0 Å². The molecule has 0 atom stereocenters. The van der Waals surface area contributed by atoms with Crippen LogP contribution in [0.15, 0.2) is 42.5 Å². The van der Waals surface area contributed by atoms with Gasteiger partial charge in [0.05, 0.1) is 11.5 Å². The fraction of sp³-hybridized carbons (Fsp3) is 0.263. The van der Waals surface area contributed by atoms with E-state index in [4.69, 9.17) is 0 Å². The fourth-order valence-corrected chi connectivity index (χ4v) is 2.57. The number of nitrogens with one attached hydrogen (secondary N) is 2. The van der Waals surface area contributed by atoms with Gasteiger partial charge in [-0.15, -0.1) is 0 Å². The van der Waals surface area contributed by atoms with Crippen LogP contribution >= 0.6 is 0 Å². The summed E-state index contributed by atoms with van der Waals surface area (Å²) in [7, 11) is 1.55. The van der Waals surface area contributed by atoms with Gasteiger partial charge in [-0.1, -0.05) is 12.1 Å². The van der Waals surface area contributed by atoms with Crippen molar-refractivity contribution in [2.24, 2.45) is 0 Å². The van der Waals surface area contributed by atoms with Crippen molar-refractivity contribution in [3.05, 3.63) is 69.5 Å². The topological polar surface area (TPSA) is 105 Å². The lowest BCUT2D eigenvalue weighted by Crippen LogP contribution is -2.40. The van der Waals surface area contributed by atoms with Crippen LogP contribution in [0.3, 0.4) is 0 Å². The first kappa shape index (κ1) is 20.8. The number of anilines is 1. The van der Waals surface area contributed by atoms with Crippen molar-refractivity contribution >= 4 is 23.2 Å². The number of rotatable bonds is 8. The summed E-state index contributed by atoms with van der Waals surface area (Å²) >= 11 is 0. The maximum absolute atomic E-state index is 12.9. The minimum atomic E-state index is -0.575. The van der Waals surface area contributed by atoms with Crippen LogP contribution in [0.2, 0.25) is 0 Å². The zero-order valence-corrected chi connectivity index (χ0v) is 15.6. The van der Waals surface area contributed by atoms with Gasteiger partial charge in [-0.25, -0.2) is 4.39 Å². The quantitative estimate of drug-likeness (QED) is 0.534. The van der Waals surface area contributed by atoms with Crippen molar-refractivity contribution in [1.82, 2.24) is 10.2 Å². The van der Waals surface area contributed by atoms with E-state index in [1.807, 2.05) is 0 Å². The minimum Gasteiger partial charge on any atom is -0.383 e. The SMILES string of the molecule is CCN(CC(=O)NCc1ccc(F)cc1)C(=O)c1ccc(NC)c([N+](=O)[O-])c1. The third kappa shape index (κ3) is 5.26. The van der Waals surface area contributed by atoms with Crippen molar-refractivity contribution < 1.29 is 18.9 Å². The number of hydrogen-bond acceptors (Lipinski definition) is 5. The first-order chi connectivity index (χ1) is 13.3. The molecule has 0 heterocycles. The highest BCUT2D eigenvalue weighted by atomic mass is 19.1. The van der Waals surface area contributed by atoms with Gasteiger partial charge in [0.1, 0.15) is 11.5 Å². The Balaban J connectivity index is 2.04. The molecule has 0 aliphatic rings. The van der Waals surface area contributed by atoms with Crippen LogP contribution in [-0.4, -0.2) is 41.8 Å². The van der Waals surface area contributed by atoms with Crippen molar-refractivity contribution in [2.75, 3.05) is 25.5 Å². The van der Waals surface area contributed by atoms with Gasteiger partial charge >= 0.3 is 0 Å². The van der Waals surface area contributed by atoms with Gasteiger partial charge in [-0.05, 0) is 36.8 Å². The van der Waals surface area contributed by atoms with Crippen molar-refractivity contribution in [2.45, 2.75) is 13.5 Å². The Morgan fingerprint density at radius 2 is 1.86 bits per heavy atom. The predicted octanol–water partition coefficient (Wildman–Crippen LogP) is 2.55. The smallest absolute Gasteiger partial charge is 0.293 e. The van der Waals surface area contributed by atoms with E-state index in [0.717, 1.165) is 5.56 Å². The Morgan fingerprint density at radius 3 is 2.43 bits per heavy atom. The molecule has 2 aromatic carbocycles. The van der Waals surface area contributed by atoms with E-state index >= 15 is 0 Å². The molecule has 0 aromatic heterocycles. The average molecular weight is 388 g/mol. The Hall–Kier alpha value is -3.49. The Kier molecular flexibility index (Phi) is 7.02. The molecule has 0 saturated heterocycles. The molecule has 0 unspecified atom stereocenters. The van der Waals surface area contributed by atoms with Crippen LogP contribution in [0.4, 0.5) is 15.8 Å². The van der Waals surface area contributed by atoms with Crippen LogP contribution < -0.4 is 10.6 Å². The summed E-state index contributed by atoms with van der Waals surface area (Å²) in [6.45, 7) is 1.97. The maximum atomic E-state index is 12.9. The molecule has 28 heavy (non-hydrogen) atoms. The highest BCUT2D eigenvalue weighted by Crippen LogP contribution is 2.25. The lowest BCUT2D eigenvalue weighted by Gasteiger charge is -2.20. The Labute approximate surface area is 161 Å². The van der Waals surface area contributed by atoms with Gasteiger partial charge in [-0.2, -0.15) is 0 Å². The number of benzene rings is 2. The van der Waals surface area contributed by atoms with Crippen LogP contribution in [0.5, 0.6) is 0 Å². The van der Waals surface area contributed by atoms with E-state index < -0.39 is 10.8 Å². The number of amides is 2. The second-order valence-electron chi connectivity index (χ2n) is 5.96. The summed E-state index contributed by atoms with van der Waals surface area (Å²) < 4.78 is 12.9.